The second kappa shape index (κ2) is 10.7. The minimum absolute atomic E-state index is 0.0553. The maximum absolute atomic E-state index is 12.6. The number of benzene rings is 1. The number of aromatic nitrogens is 1. The van der Waals surface area contributed by atoms with E-state index in [1.165, 1.54) is 6.07 Å². The molecule has 2 heterocycles. The Kier molecular flexibility index (Phi) is 8.01. The van der Waals surface area contributed by atoms with Crippen molar-refractivity contribution < 1.29 is 27.3 Å². The van der Waals surface area contributed by atoms with Gasteiger partial charge in [0.1, 0.15) is 5.71 Å². The SMILES string of the molecule is CC(C)S(=O)(=O)c1ccc(C2=NNC(=O)OC23CCC(C[C@H](C)NC(=O)c2cc(Cl)no2)CC3)c(Br)c1. The first kappa shape index (κ1) is 27.6. The van der Waals surface area contributed by atoms with Gasteiger partial charge in [0.05, 0.1) is 10.1 Å². The highest BCUT2D eigenvalue weighted by Gasteiger charge is 2.47. The van der Waals surface area contributed by atoms with Gasteiger partial charge in [0, 0.05) is 22.1 Å². The van der Waals surface area contributed by atoms with Crippen LogP contribution in [-0.2, 0) is 14.6 Å². The molecule has 1 spiro atoms. The summed E-state index contributed by atoms with van der Waals surface area (Å²) >= 11 is 9.22. The van der Waals surface area contributed by atoms with Gasteiger partial charge < -0.3 is 14.6 Å². The van der Waals surface area contributed by atoms with Crippen molar-refractivity contribution in [2.45, 2.75) is 74.7 Å². The van der Waals surface area contributed by atoms with E-state index in [1.54, 1.807) is 32.0 Å². The number of carbonyl (C=O) groups excluding carboxylic acids is 2. The summed E-state index contributed by atoms with van der Waals surface area (Å²) in [5, 5.41) is 10.3. The third kappa shape index (κ3) is 5.85. The van der Waals surface area contributed by atoms with E-state index < -0.39 is 26.8 Å². The molecule has 0 radical (unpaired) electrons. The van der Waals surface area contributed by atoms with Crippen molar-refractivity contribution in [1.82, 2.24) is 15.9 Å². The van der Waals surface area contributed by atoms with Crippen LogP contribution in [0.5, 0.6) is 0 Å². The van der Waals surface area contributed by atoms with E-state index >= 15 is 0 Å². The Morgan fingerprint density at radius 2 is 1.97 bits per heavy atom. The lowest BCUT2D eigenvalue weighted by molar-refractivity contribution is 0.0153. The molecule has 0 unspecified atom stereocenters. The Hall–Kier alpha value is -2.44. The molecule has 2 amide bonds. The van der Waals surface area contributed by atoms with Crippen LogP contribution >= 0.6 is 27.5 Å². The molecule has 1 aliphatic heterocycles. The van der Waals surface area contributed by atoms with Crippen molar-refractivity contribution in [3.63, 3.8) is 0 Å². The lowest BCUT2D eigenvalue weighted by atomic mass is 9.73. The molecule has 4 rings (SSSR count). The molecule has 0 bridgehead atoms. The van der Waals surface area contributed by atoms with Crippen LogP contribution in [0.2, 0.25) is 5.15 Å². The number of rotatable bonds is 7. The number of amides is 2. The van der Waals surface area contributed by atoms with Crippen LogP contribution < -0.4 is 10.7 Å². The highest BCUT2D eigenvalue weighted by molar-refractivity contribution is 9.10. The van der Waals surface area contributed by atoms with E-state index in [0.29, 0.717) is 28.6 Å². The van der Waals surface area contributed by atoms with E-state index in [2.05, 4.69) is 36.9 Å². The summed E-state index contributed by atoms with van der Waals surface area (Å²) in [5.74, 6) is -0.0375. The van der Waals surface area contributed by atoms with E-state index in [1.807, 2.05) is 6.92 Å². The molecule has 2 aromatic rings. The smallest absolute Gasteiger partial charge is 0.428 e. The van der Waals surface area contributed by atoms with E-state index in [4.69, 9.17) is 20.9 Å². The number of halogens is 2. The fraction of sp³-hybridized carbons (Fsp3) is 0.500. The highest BCUT2D eigenvalue weighted by atomic mass is 79.9. The average Bonchev–Trinajstić information content (AvgIpc) is 3.27. The Balaban J connectivity index is 1.46. The van der Waals surface area contributed by atoms with Crippen molar-refractivity contribution in [2.75, 3.05) is 0 Å². The van der Waals surface area contributed by atoms with Gasteiger partial charge in [0.15, 0.2) is 20.6 Å². The van der Waals surface area contributed by atoms with Crippen molar-refractivity contribution in [3.8, 4) is 0 Å². The molecular formula is C24H28BrClN4O6S. The highest BCUT2D eigenvalue weighted by Crippen LogP contribution is 2.42. The van der Waals surface area contributed by atoms with Crippen LogP contribution in [0.3, 0.4) is 0 Å². The normalized spacial score (nSPS) is 22.8. The second-order valence-corrected chi connectivity index (χ2v) is 13.5. The number of hydrazone groups is 1. The summed E-state index contributed by atoms with van der Waals surface area (Å²) in [7, 11) is -3.45. The topological polar surface area (TPSA) is 140 Å². The predicted molar refractivity (Wildman–Crippen MR) is 140 cm³/mol. The number of hydrogen-bond acceptors (Lipinski definition) is 8. The van der Waals surface area contributed by atoms with Gasteiger partial charge in [-0.15, -0.1) is 0 Å². The zero-order chi connectivity index (χ0) is 27.0. The van der Waals surface area contributed by atoms with Gasteiger partial charge in [0.2, 0.25) is 5.76 Å². The van der Waals surface area contributed by atoms with Gasteiger partial charge in [0.25, 0.3) is 5.91 Å². The van der Waals surface area contributed by atoms with Gasteiger partial charge in [-0.2, -0.15) is 5.10 Å². The van der Waals surface area contributed by atoms with Crippen molar-refractivity contribution in [2.24, 2.45) is 11.0 Å². The number of hydrogen-bond donors (Lipinski definition) is 2. The summed E-state index contributed by atoms with van der Waals surface area (Å²) in [6.45, 7) is 5.19. The standard InChI is InChI=1S/C24H28BrClN4O6S/c1-13(2)37(33,34)16-4-5-17(18(25)11-16)21-24(35-23(32)29-28-21)8-6-15(7-9-24)10-14(3)27-22(31)19-12-20(26)30-36-19/h4-5,11-15H,6-10H2,1-3H3,(H,27,31)(H,29,32)/t14-,15?,24?/m0/s1. The van der Waals surface area contributed by atoms with Crippen LogP contribution in [0.25, 0.3) is 0 Å². The molecule has 1 fully saturated rings. The molecule has 10 nitrogen and oxygen atoms in total. The third-order valence-electron chi connectivity index (χ3n) is 6.81. The lowest BCUT2D eigenvalue weighted by Crippen LogP contribution is -2.52. The largest absolute Gasteiger partial charge is 0.435 e. The first-order chi connectivity index (χ1) is 17.4. The van der Waals surface area contributed by atoms with Crippen LogP contribution in [0.4, 0.5) is 4.79 Å². The molecule has 0 saturated heterocycles. The first-order valence-electron chi connectivity index (χ1n) is 12.0. The van der Waals surface area contributed by atoms with Crippen molar-refractivity contribution >= 4 is 55.1 Å². The summed E-state index contributed by atoms with van der Waals surface area (Å²) in [6, 6.07) is 6.06. The number of carbonyl (C=O) groups is 2. The predicted octanol–water partition coefficient (Wildman–Crippen LogP) is 4.85. The number of nitrogens with one attached hydrogen (secondary N) is 2. The number of nitrogens with zero attached hydrogens (tertiary/aromatic N) is 2. The molecule has 1 aromatic carbocycles. The van der Waals surface area contributed by atoms with Gasteiger partial charge in [-0.3, -0.25) is 4.79 Å². The molecular weight excluding hydrogens is 588 g/mol. The van der Waals surface area contributed by atoms with Gasteiger partial charge in [-0.05, 0) is 70.9 Å². The Labute approximate surface area is 228 Å². The number of ether oxygens (including phenoxy) is 1. The van der Waals surface area contributed by atoms with Crippen molar-refractivity contribution in [1.29, 1.82) is 0 Å². The fourth-order valence-electron chi connectivity index (χ4n) is 4.83. The Morgan fingerprint density at radius 1 is 1.27 bits per heavy atom. The molecule has 2 aliphatic rings. The minimum Gasteiger partial charge on any atom is -0.435 e. The summed E-state index contributed by atoms with van der Waals surface area (Å²) in [6.07, 6.45) is 2.69. The maximum atomic E-state index is 12.6. The molecule has 1 atom stereocenters. The molecule has 2 N–H and O–H groups in total. The van der Waals surface area contributed by atoms with E-state index in [9.17, 15) is 18.0 Å². The van der Waals surface area contributed by atoms with Crippen LogP contribution in [-0.4, -0.2) is 48.2 Å². The first-order valence-corrected chi connectivity index (χ1v) is 14.7. The lowest BCUT2D eigenvalue weighted by Gasteiger charge is -2.42. The van der Waals surface area contributed by atoms with Gasteiger partial charge in [-0.1, -0.05) is 38.8 Å². The molecule has 1 aliphatic carbocycles. The number of sulfone groups is 1. The van der Waals surface area contributed by atoms with Crippen LogP contribution in [0, 0.1) is 5.92 Å². The fourth-order valence-corrected chi connectivity index (χ4v) is 6.76. The molecule has 200 valence electrons. The monoisotopic (exact) mass is 614 g/mol. The molecule has 1 saturated carbocycles. The zero-order valence-electron chi connectivity index (χ0n) is 20.6. The second-order valence-electron chi connectivity index (χ2n) is 9.76. The molecule has 37 heavy (non-hydrogen) atoms. The maximum Gasteiger partial charge on any atom is 0.428 e. The Bertz CT molecular complexity index is 1330. The quantitative estimate of drug-likeness (QED) is 0.454. The minimum atomic E-state index is -3.45. The summed E-state index contributed by atoms with van der Waals surface area (Å²) < 4.78 is 36.5. The van der Waals surface area contributed by atoms with Crippen LogP contribution in [0.1, 0.15) is 69.0 Å². The molecule has 1 aromatic heterocycles. The summed E-state index contributed by atoms with van der Waals surface area (Å²) in [4.78, 5) is 24.7. The van der Waals surface area contributed by atoms with Crippen LogP contribution in [0.15, 0.2) is 43.3 Å². The summed E-state index contributed by atoms with van der Waals surface area (Å²) in [5.41, 5.74) is 2.67. The Morgan fingerprint density at radius 3 is 2.57 bits per heavy atom. The van der Waals surface area contributed by atoms with Gasteiger partial charge in [-0.25, -0.2) is 18.6 Å². The van der Waals surface area contributed by atoms with E-state index in [-0.39, 0.29) is 33.7 Å². The molecule has 13 heteroatoms. The van der Waals surface area contributed by atoms with Crippen molar-refractivity contribution in [3.05, 3.63) is 45.2 Å². The van der Waals surface area contributed by atoms with Gasteiger partial charge >= 0.3 is 6.09 Å². The average molecular weight is 616 g/mol. The van der Waals surface area contributed by atoms with E-state index in [0.717, 1.165) is 19.3 Å². The zero-order valence-corrected chi connectivity index (χ0v) is 23.7. The third-order valence-corrected chi connectivity index (χ3v) is 9.79.